The Balaban J connectivity index is 0.000000176. The minimum atomic E-state index is -4.42. The SMILES string of the molecule is Nc1cc(S(=O)(=O)O)cc2cc(SOOO)cc(O)c12.Nc1ccc2c(O)cc(SOOO)cc2c1.Nc1ccc2cc(SOOO)cc(O)c2c1. The quantitative estimate of drug-likeness (QED) is 0.0221. The molecule has 0 radical (unpaired) electrons. The Morgan fingerprint density at radius 3 is 1.56 bits per heavy atom. The van der Waals surface area contributed by atoms with E-state index in [9.17, 15) is 23.7 Å². The summed E-state index contributed by atoms with van der Waals surface area (Å²) in [7, 11) is -4.42. The second kappa shape index (κ2) is 18.3. The maximum atomic E-state index is 11.1. The van der Waals surface area contributed by atoms with E-state index in [1.807, 2.05) is 0 Å². The number of hydrogen-bond donors (Lipinski definition) is 10. The molecule has 0 amide bonds. The van der Waals surface area contributed by atoms with Crippen LogP contribution in [0.15, 0.2) is 105 Å². The minimum Gasteiger partial charge on any atom is -0.507 e. The minimum absolute atomic E-state index is 0.0106. The van der Waals surface area contributed by atoms with Crippen molar-refractivity contribution in [1.29, 1.82) is 0 Å². The van der Waals surface area contributed by atoms with E-state index in [1.165, 1.54) is 24.3 Å². The van der Waals surface area contributed by atoms with Gasteiger partial charge in [-0.05, 0) is 95.0 Å². The lowest BCUT2D eigenvalue weighted by molar-refractivity contribution is -0.432. The van der Waals surface area contributed by atoms with E-state index in [1.54, 1.807) is 48.5 Å². The number of benzene rings is 6. The van der Waals surface area contributed by atoms with Crippen molar-refractivity contribution < 1.29 is 72.2 Å². The fraction of sp³-hybridized carbons (Fsp3) is 0. The third-order valence-electron chi connectivity index (χ3n) is 6.64. The summed E-state index contributed by atoms with van der Waals surface area (Å²) < 4.78 is 44.1. The number of anilines is 3. The molecule has 0 aliphatic rings. The molecule has 52 heavy (non-hydrogen) atoms. The van der Waals surface area contributed by atoms with E-state index < -0.39 is 15.0 Å². The van der Waals surface area contributed by atoms with Crippen LogP contribution < -0.4 is 17.2 Å². The van der Waals surface area contributed by atoms with Crippen LogP contribution in [0.3, 0.4) is 0 Å². The van der Waals surface area contributed by atoms with Gasteiger partial charge in [-0.15, -0.1) is 13.0 Å². The van der Waals surface area contributed by atoms with E-state index in [-0.39, 0.29) is 33.7 Å². The maximum Gasteiger partial charge on any atom is 0.294 e. The molecule has 13 N–H and O–H groups in total. The predicted molar refractivity (Wildman–Crippen MR) is 192 cm³/mol. The lowest BCUT2D eigenvalue weighted by Crippen LogP contribution is -2.00. The van der Waals surface area contributed by atoms with Gasteiger partial charge in [0.1, 0.15) is 17.2 Å². The first-order chi connectivity index (χ1) is 24.7. The van der Waals surface area contributed by atoms with E-state index in [0.29, 0.717) is 48.9 Å². The number of phenols is 3. The van der Waals surface area contributed by atoms with E-state index in [4.69, 9.17) is 37.5 Å². The van der Waals surface area contributed by atoms with Crippen LogP contribution in [-0.4, -0.2) is 44.1 Å². The summed E-state index contributed by atoms with van der Waals surface area (Å²) in [5.41, 5.74) is 18.1. The topological polar surface area (TPSA) is 309 Å². The molecule has 0 aromatic heterocycles. The van der Waals surface area contributed by atoms with Crippen LogP contribution >= 0.6 is 36.1 Å². The lowest BCUT2D eigenvalue weighted by Gasteiger charge is -2.09. The van der Waals surface area contributed by atoms with Crippen molar-refractivity contribution in [3.63, 3.8) is 0 Å². The zero-order chi connectivity index (χ0) is 38.0. The molecule has 0 aliphatic carbocycles. The Morgan fingerprint density at radius 2 is 1.00 bits per heavy atom. The summed E-state index contributed by atoms with van der Waals surface area (Å²) in [6.45, 7) is 0. The summed E-state index contributed by atoms with van der Waals surface area (Å²) in [6.07, 6.45) is 0. The molecule has 0 fully saturated rings. The highest BCUT2D eigenvalue weighted by Crippen LogP contribution is 2.37. The van der Waals surface area contributed by atoms with Crippen molar-refractivity contribution in [3.8, 4) is 17.2 Å². The molecule has 0 aliphatic heterocycles. The summed E-state index contributed by atoms with van der Waals surface area (Å²) in [6, 6.07) is 21.8. The second-order valence-corrected chi connectivity index (χ2v) is 13.8. The molecule has 276 valence electrons. The Hall–Kier alpha value is -4.50. The molecule has 0 saturated carbocycles. The molecule has 0 saturated heterocycles. The molecule has 18 nitrogen and oxygen atoms in total. The maximum absolute atomic E-state index is 11.1. The average molecular weight is 798 g/mol. The van der Waals surface area contributed by atoms with Crippen LogP contribution in [0.25, 0.3) is 32.3 Å². The van der Waals surface area contributed by atoms with E-state index in [2.05, 4.69) is 28.1 Å². The van der Waals surface area contributed by atoms with Gasteiger partial charge in [-0.25, -0.2) is 15.8 Å². The molecular formula is C30H27N3O15S4. The molecule has 22 heteroatoms. The molecule has 0 bridgehead atoms. The highest BCUT2D eigenvalue weighted by molar-refractivity contribution is 7.95. The van der Waals surface area contributed by atoms with Crippen molar-refractivity contribution in [2.24, 2.45) is 0 Å². The highest BCUT2D eigenvalue weighted by Gasteiger charge is 2.16. The normalized spacial score (nSPS) is 11.2. The summed E-state index contributed by atoms with van der Waals surface area (Å²) in [4.78, 5) is 1.10. The summed E-state index contributed by atoms with van der Waals surface area (Å²) >= 11 is 2.16. The second-order valence-electron chi connectivity index (χ2n) is 10.1. The molecule has 0 heterocycles. The van der Waals surface area contributed by atoms with Crippen LogP contribution in [0.5, 0.6) is 17.2 Å². The van der Waals surface area contributed by atoms with Crippen LogP contribution in [-0.2, 0) is 38.2 Å². The van der Waals surface area contributed by atoms with Gasteiger partial charge in [0.05, 0.1) is 41.0 Å². The highest BCUT2D eigenvalue weighted by atomic mass is 32.2. The third kappa shape index (κ3) is 10.8. The van der Waals surface area contributed by atoms with Gasteiger partial charge in [0, 0.05) is 47.9 Å². The summed E-state index contributed by atoms with van der Waals surface area (Å²) in [5, 5.41) is 67.3. The number of phenolic OH excluding ortho intramolecular Hbond substituents is 3. The van der Waals surface area contributed by atoms with Crippen molar-refractivity contribution in [1.82, 2.24) is 0 Å². The lowest BCUT2D eigenvalue weighted by atomic mass is 10.1. The van der Waals surface area contributed by atoms with Crippen LogP contribution in [0.2, 0.25) is 0 Å². The average Bonchev–Trinajstić information content (AvgIpc) is 3.09. The standard InChI is InChI=1S/C10H9NO7S2.2C10H9NO4S/c11-8-4-7(20(14,15)16)2-5-1-6(19-18-17-13)3-9(12)10(5)8;11-7-1-2-9-6(3-7)4-8(5-10(9)12)16-15-14-13;11-7-2-1-6-3-8(16-15-14-13)5-10(12)9(6)4-7/h1-4,12-13H,11H2,(H,14,15,16);2*1-5,12-13H,11H2. The Kier molecular flexibility index (Phi) is 14.2. The van der Waals surface area contributed by atoms with Crippen LogP contribution in [0.1, 0.15) is 0 Å². The number of aromatic hydroxyl groups is 3. The first-order valence-corrected chi connectivity index (χ1v) is 17.4. The van der Waals surface area contributed by atoms with Crippen molar-refractivity contribution in [2.45, 2.75) is 19.6 Å². The number of nitrogen functional groups attached to an aromatic ring is 3. The van der Waals surface area contributed by atoms with Gasteiger partial charge in [0.25, 0.3) is 10.1 Å². The predicted octanol–water partition coefficient (Wildman–Crippen LogP) is 6.91. The number of hydrogen-bond acceptors (Lipinski definition) is 20. The first-order valence-electron chi connectivity index (χ1n) is 13.8. The fourth-order valence-electron chi connectivity index (χ4n) is 4.60. The molecule has 0 atom stereocenters. The zero-order valence-electron chi connectivity index (χ0n) is 25.8. The van der Waals surface area contributed by atoms with Gasteiger partial charge in [0.2, 0.25) is 0 Å². The van der Waals surface area contributed by atoms with E-state index >= 15 is 0 Å². The van der Waals surface area contributed by atoms with Gasteiger partial charge >= 0.3 is 0 Å². The Bertz CT molecular complexity index is 2300. The Morgan fingerprint density at radius 1 is 0.519 bits per heavy atom. The van der Waals surface area contributed by atoms with Gasteiger partial charge < -0.3 is 32.5 Å². The molecule has 0 spiro atoms. The zero-order valence-corrected chi connectivity index (χ0v) is 29.1. The van der Waals surface area contributed by atoms with Crippen LogP contribution in [0.4, 0.5) is 17.1 Å². The van der Waals surface area contributed by atoms with Gasteiger partial charge in [0.15, 0.2) is 0 Å². The monoisotopic (exact) mass is 797 g/mol. The summed E-state index contributed by atoms with van der Waals surface area (Å²) in [5.74, 6) is -0.0127. The number of fused-ring (bicyclic) bond motifs is 3. The van der Waals surface area contributed by atoms with Gasteiger partial charge in [-0.2, -0.15) is 8.42 Å². The molecule has 0 unspecified atom stereocenters. The van der Waals surface area contributed by atoms with Crippen molar-refractivity contribution >= 4 is 95.6 Å². The molecule has 6 rings (SSSR count). The Labute approximate surface area is 305 Å². The number of nitrogens with two attached hydrogens (primary N) is 3. The molecular weight excluding hydrogens is 771 g/mol. The molecule has 6 aromatic rings. The van der Waals surface area contributed by atoms with Crippen molar-refractivity contribution in [2.75, 3.05) is 17.2 Å². The molecule has 6 aromatic carbocycles. The largest absolute Gasteiger partial charge is 0.507 e. The first kappa shape index (κ1) is 40.3. The van der Waals surface area contributed by atoms with Gasteiger partial charge in [-0.1, -0.05) is 21.2 Å². The van der Waals surface area contributed by atoms with Gasteiger partial charge in [-0.3, -0.25) is 4.55 Å². The fourth-order valence-corrected chi connectivity index (χ4v) is 6.48. The van der Waals surface area contributed by atoms with Crippen LogP contribution in [0, 0.1) is 0 Å². The van der Waals surface area contributed by atoms with E-state index in [0.717, 1.165) is 47.0 Å². The smallest absolute Gasteiger partial charge is 0.294 e. The third-order valence-corrected chi connectivity index (χ3v) is 9.15. The number of rotatable bonds is 10. The van der Waals surface area contributed by atoms with Crippen molar-refractivity contribution in [3.05, 3.63) is 84.9 Å².